The molecule has 2 aliphatic rings. The van der Waals surface area contributed by atoms with E-state index in [2.05, 4.69) is 40.8 Å². The first-order valence-corrected chi connectivity index (χ1v) is 9.44. The van der Waals surface area contributed by atoms with Crippen molar-refractivity contribution in [1.29, 1.82) is 0 Å². The Morgan fingerprint density at radius 2 is 1.88 bits per heavy atom. The Morgan fingerprint density at radius 1 is 1.16 bits per heavy atom. The largest absolute Gasteiger partial charge is 0.496 e. The van der Waals surface area contributed by atoms with E-state index >= 15 is 0 Å². The van der Waals surface area contributed by atoms with E-state index < -0.39 is 0 Å². The van der Waals surface area contributed by atoms with Gasteiger partial charge in [0.05, 0.1) is 13.0 Å². The van der Waals surface area contributed by atoms with Gasteiger partial charge in [-0.25, -0.2) is 0 Å². The highest BCUT2D eigenvalue weighted by Gasteiger charge is 2.31. The first-order valence-electron chi connectivity index (χ1n) is 9.44. The van der Waals surface area contributed by atoms with Crippen molar-refractivity contribution in [3.63, 3.8) is 0 Å². The smallest absolute Gasteiger partial charge is 0.227 e. The molecule has 0 bridgehead atoms. The molecule has 25 heavy (non-hydrogen) atoms. The molecule has 2 atom stereocenters. The number of amides is 1. The Hall–Kier alpha value is -1.59. The summed E-state index contributed by atoms with van der Waals surface area (Å²) in [5, 5.41) is 0. The lowest BCUT2D eigenvalue weighted by molar-refractivity contribution is -0.139. The van der Waals surface area contributed by atoms with Crippen LogP contribution in [-0.4, -0.2) is 74.0 Å². The van der Waals surface area contributed by atoms with E-state index in [1.165, 1.54) is 5.56 Å². The Balaban J connectivity index is 1.57. The lowest BCUT2D eigenvalue weighted by Gasteiger charge is -2.40. The van der Waals surface area contributed by atoms with Gasteiger partial charge >= 0.3 is 0 Å². The van der Waals surface area contributed by atoms with E-state index in [0.29, 0.717) is 11.9 Å². The number of piperidine rings is 1. The third-order valence-corrected chi connectivity index (χ3v) is 5.74. The predicted molar refractivity (Wildman–Crippen MR) is 99.8 cm³/mol. The first-order chi connectivity index (χ1) is 12.1. The fraction of sp³-hybridized carbons (Fsp3) is 0.650. The maximum Gasteiger partial charge on any atom is 0.227 e. The van der Waals surface area contributed by atoms with Gasteiger partial charge in [-0.2, -0.15) is 0 Å². The molecule has 0 radical (unpaired) electrons. The summed E-state index contributed by atoms with van der Waals surface area (Å²) in [6, 6.07) is 8.53. The van der Waals surface area contributed by atoms with Crippen LogP contribution in [0.15, 0.2) is 24.3 Å². The second-order valence-corrected chi connectivity index (χ2v) is 7.38. The molecule has 2 aliphatic heterocycles. The predicted octanol–water partition coefficient (Wildman–Crippen LogP) is 2.24. The van der Waals surface area contributed by atoms with Gasteiger partial charge in [-0.3, -0.25) is 9.69 Å². The topological polar surface area (TPSA) is 36.0 Å². The standard InChI is InChI=1S/C20H31N3O2/c1-16(18-8-4-5-9-19(18)25-3)22-11-13-23(14-12-22)20(24)17-7-6-10-21(2)15-17/h4-5,8-9,16-17H,6-7,10-15H2,1-3H3/t16-,17-/m1/s1. The van der Waals surface area contributed by atoms with Crippen LogP contribution in [0.25, 0.3) is 0 Å². The third-order valence-electron chi connectivity index (χ3n) is 5.74. The molecule has 2 heterocycles. The molecule has 138 valence electrons. The number of carbonyl (C=O) groups excluding carboxylic acids is 1. The van der Waals surface area contributed by atoms with Crippen molar-refractivity contribution >= 4 is 5.91 Å². The number of hydrogen-bond acceptors (Lipinski definition) is 4. The van der Waals surface area contributed by atoms with Crippen LogP contribution in [0.3, 0.4) is 0 Å². The fourth-order valence-electron chi connectivity index (χ4n) is 4.16. The normalized spacial score (nSPS) is 24.1. The number of piperazine rings is 1. The van der Waals surface area contributed by atoms with Crippen LogP contribution in [-0.2, 0) is 4.79 Å². The van der Waals surface area contributed by atoms with Crippen molar-refractivity contribution in [3.05, 3.63) is 29.8 Å². The van der Waals surface area contributed by atoms with Crippen LogP contribution in [0.4, 0.5) is 0 Å². The third kappa shape index (κ3) is 4.15. The molecule has 0 unspecified atom stereocenters. The monoisotopic (exact) mass is 345 g/mol. The molecule has 2 saturated heterocycles. The van der Waals surface area contributed by atoms with E-state index in [4.69, 9.17) is 4.74 Å². The number of benzene rings is 1. The summed E-state index contributed by atoms with van der Waals surface area (Å²) in [6.45, 7) is 7.77. The highest BCUT2D eigenvalue weighted by molar-refractivity contribution is 5.79. The average molecular weight is 345 g/mol. The molecule has 0 spiro atoms. The highest BCUT2D eigenvalue weighted by Crippen LogP contribution is 2.29. The summed E-state index contributed by atoms with van der Waals surface area (Å²) in [5.41, 5.74) is 1.22. The number of carbonyl (C=O) groups is 1. The van der Waals surface area contributed by atoms with E-state index in [9.17, 15) is 4.79 Å². The van der Waals surface area contributed by atoms with Gasteiger partial charge in [0.25, 0.3) is 0 Å². The highest BCUT2D eigenvalue weighted by atomic mass is 16.5. The lowest BCUT2D eigenvalue weighted by atomic mass is 9.96. The molecule has 5 heteroatoms. The Bertz CT molecular complexity index is 584. The van der Waals surface area contributed by atoms with E-state index in [1.807, 2.05) is 12.1 Å². The number of likely N-dealkylation sites (tertiary alicyclic amines) is 1. The quantitative estimate of drug-likeness (QED) is 0.839. The minimum Gasteiger partial charge on any atom is -0.496 e. The number of methoxy groups -OCH3 is 1. The summed E-state index contributed by atoms with van der Waals surface area (Å²) in [6.07, 6.45) is 2.18. The molecule has 0 aromatic heterocycles. The summed E-state index contributed by atoms with van der Waals surface area (Å²) in [7, 11) is 3.84. The van der Waals surface area contributed by atoms with Gasteiger partial charge in [-0.15, -0.1) is 0 Å². The number of nitrogens with zero attached hydrogens (tertiary/aromatic N) is 3. The second-order valence-electron chi connectivity index (χ2n) is 7.38. The van der Waals surface area contributed by atoms with E-state index in [0.717, 1.165) is 57.9 Å². The van der Waals surface area contributed by atoms with Crippen molar-refractivity contribution in [3.8, 4) is 5.75 Å². The van der Waals surface area contributed by atoms with E-state index in [1.54, 1.807) is 7.11 Å². The molecule has 1 aromatic rings. The minimum atomic E-state index is 0.192. The van der Waals surface area contributed by atoms with Gasteiger partial charge in [0, 0.05) is 44.3 Å². The molecule has 0 aliphatic carbocycles. The Labute approximate surface area is 151 Å². The molecular formula is C20H31N3O2. The zero-order chi connectivity index (χ0) is 17.8. The van der Waals surface area contributed by atoms with Gasteiger partial charge in [-0.05, 0) is 39.4 Å². The van der Waals surface area contributed by atoms with Crippen LogP contribution in [0.2, 0.25) is 0 Å². The zero-order valence-corrected chi connectivity index (χ0v) is 15.8. The second kappa shape index (κ2) is 8.19. The summed E-state index contributed by atoms with van der Waals surface area (Å²) in [4.78, 5) is 19.6. The molecule has 1 aromatic carbocycles. The Kier molecular flexibility index (Phi) is 5.97. The maximum absolute atomic E-state index is 12.8. The van der Waals surface area contributed by atoms with E-state index in [-0.39, 0.29) is 5.92 Å². The number of para-hydroxylation sites is 1. The lowest BCUT2D eigenvalue weighted by Crippen LogP contribution is -2.52. The van der Waals surface area contributed by atoms with Crippen molar-refractivity contribution in [2.45, 2.75) is 25.8 Å². The Morgan fingerprint density at radius 3 is 2.56 bits per heavy atom. The van der Waals surface area contributed by atoms with Crippen molar-refractivity contribution in [2.75, 3.05) is 53.4 Å². The minimum absolute atomic E-state index is 0.192. The van der Waals surface area contributed by atoms with Crippen LogP contribution < -0.4 is 4.74 Å². The van der Waals surface area contributed by atoms with Crippen LogP contribution in [0, 0.1) is 5.92 Å². The van der Waals surface area contributed by atoms with Gasteiger partial charge in [0.1, 0.15) is 5.75 Å². The molecule has 3 rings (SSSR count). The number of rotatable bonds is 4. The molecule has 5 nitrogen and oxygen atoms in total. The van der Waals surface area contributed by atoms with Crippen LogP contribution in [0.1, 0.15) is 31.4 Å². The van der Waals surface area contributed by atoms with Gasteiger partial charge in [-0.1, -0.05) is 18.2 Å². The van der Waals surface area contributed by atoms with Gasteiger partial charge in [0.15, 0.2) is 0 Å². The molecule has 2 fully saturated rings. The first kappa shape index (κ1) is 18.2. The van der Waals surface area contributed by atoms with Crippen LogP contribution in [0.5, 0.6) is 5.75 Å². The molecule has 0 saturated carbocycles. The van der Waals surface area contributed by atoms with Crippen molar-refractivity contribution < 1.29 is 9.53 Å². The van der Waals surface area contributed by atoms with Gasteiger partial charge in [0.2, 0.25) is 5.91 Å². The van der Waals surface area contributed by atoms with Crippen LogP contribution >= 0.6 is 0 Å². The molecule has 0 N–H and O–H groups in total. The summed E-state index contributed by atoms with van der Waals surface area (Å²) in [5.74, 6) is 1.49. The maximum atomic E-state index is 12.8. The summed E-state index contributed by atoms with van der Waals surface area (Å²) < 4.78 is 5.51. The number of hydrogen-bond donors (Lipinski definition) is 0. The molecular weight excluding hydrogens is 314 g/mol. The van der Waals surface area contributed by atoms with Gasteiger partial charge < -0.3 is 14.5 Å². The zero-order valence-electron chi connectivity index (χ0n) is 15.8. The number of ether oxygens (including phenoxy) is 1. The fourth-order valence-corrected chi connectivity index (χ4v) is 4.16. The summed E-state index contributed by atoms with van der Waals surface area (Å²) >= 11 is 0. The van der Waals surface area contributed by atoms with Crippen molar-refractivity contribution in [2.24, 2.45) is 5.92 Å². The molecule has 1 amide bonds. The SMILES string of the molecule is COc1ccccc1[C@@H](C)N1CCN(C(=O)[C@@H]2CCCN(C)C2)CC1. The van der Waals surface area contributed by atoms with Crippen molar-refractivity contribution in [1.82, 2.24) is 14.7 Å². The average Bonchev–Trinajstić information content (AvgIpc) is 2.67.